The van der Waals surface area contributed by atoms with Gasteiger partial charge in [-0.05, 0) is 116 Å². The Labute approximate surface area is 296 Å². The van der Waals surface area contributed by atoms with Gasteiger partial charge in [0.15, 0.2) is 11.6 Å². The molecule has 1 amide bonds. The number of aryl methyl sites for hydroxylation is 1. The number of nitrogens with zero attached hydrogens (tertiary/aromatic N) is 1. The molecule has 1 aliphatic carbocycles. The number of nitrogens with one attached hydrogen (secondary N) is 1. The zero-order valence-corrected chi connectivity index (χ0v) is 29.3. The van der Waals surface area contributed by atoms with Gasteiger partial charge in [-0.3, -0.25) is 9.69 Å². The summed E-state index contributed by atoms with van der Waals surface area (Å²) < 4.78 is 33.4. The highest BCUT2D eigenvalue weighted by Gasteiger charge is 2.38. The highest BCUT2D eigenvalue weighted by atomic mass is 35.5. The summed E-state index contributed by atoms with van der Waals surface area (Å²) in [5.74, 6) is 0.429. The lowest BCUT2D eigenvalue weighted by Crippen LogP contribution is -2.42. The summed E-state index contributed by atoms with van der Waals surface area (Å²) in [6.07, 6.45) is 9.27. The minimum atomic E-state index is -0.267. The molecule has 2 aliphatic rings. The number of ether oxygens (including phenoxy) is 1. The first-order valence-electron chi connectivity index (χ1n) is 17.7. The number of fused-ring (bicyclic) bond motifs is 1. The lowest BCUT2D eigenvalue weighted by molar-refractivity contribution is -0.121. The molecule has 0 saturated heterocycles. The van der Waals surface area contributed by atoms with Crippen molar-refractivity contribution >= 4 is 18.3 Å². The van der Waals surface area contributed by atoms with Gasteiger partial charge in [0.1, 0.15) is 5.82 Å². The molecule has 4 aromatic rings. The summed E-state index contributed by atoms with van der Waals surface area (Å²) in [6.45, 7) is 2.52. The van der Waals surface area contributed by atoms with Gasteiger partial charge in [-0.15, -0.1) is 12.4 Å². The maximum Gasteiger partial charge on any atom is 0.220 e. The van der Waals surface area contributed by atoms with Crippen LogP contribution in [0.5, 0.6) is 5.75 Å². The highest BCUT2D eigenvalue weighted by Crippen LogP contribution is 2.47. The van der Waals surface area contributed by atoms with Crippen molar-refractivity contribution in [2.24, 2.45) is 5.92 Å². The van der Waals surface area contributed by atoms with Crippen molar-refractivity contribution in [1.29, 1.82) is 0 Å². The fourth-order valence-corrected chi connectivity index (χ4v) is 8.00. The second-order valence-corrected chi connectivity index (χ2v) is 13.6. The van der Waals surface area contributed by atoms with Gasteiger partial charge in [0.2, 0.25) is 5.91 Å². The molecule has 4 aromatic carbocycles. The molecule has 4 nitrogen and oxygen atoms in total. The third-order valence-corrected chi connectivity index (χ3v) is 10.7. The molecule has 1 fully saturated rings. The predicted molar refractivity (Wildman–Crippen MR) is 195 cm³/mol. The van der Waals surface area contributed by atoms with Gasteiger partial charge in [0.25, 0.3) is 0 Å². The van der Waals surface area contributed by atoms with E-state index in [1.54, 1.807) is 25.3 Å². The van der Waals surface area contributed by atoms with Gasteiger partial charge < -0.3 is 10.1 Å². The molecule has 1 heterocycles. The molecular formula is C42H49ClF2N2O2. The average Bonchev–Trinajstić information content (AvgIpc) is 3.09. The lowest BCUT2D eigenvalue weighted by Gasteiger charge is -2.45. The van der Waals surface area contributed by atoms with Crippen LogP contribution < -0.4 is 10.1 Å². The number of hydrogen-bond donors (Lipinski definition) is 1. The summed E-state index contributed by atoms with van der Waals surface area (Å²) in [6, 6.07) is 32.0. The second kappa shape index (κ2) is 17.3. The molecule has 260 valence electrons. The van der Waals surface area contributed by atoms with Crippen molar-refractivity contribution in [1.82, 2.24) is 10.2 Å². The van der Waals surface area contributed by atoms with Crippen LogP contribution in [0.25, 0.3) is 0 Å². The zero-order valence-electron chi connectivity index (χ0n) is 28.5. The van der Waals surface area contributed by atoms with Gasteiger partial charge in [-0.1, -0.05) is 79.2 Å². The number of amides is 1. The Morgan fingerprint density at radius 1 is 0.898 bits per heavy atom. The first kappa shape index (κ1) is 36.5. The van der Waals surface area contributed by atoms with E-state index in [9.17, 15) is 13.6 Å². The van der Waals surface area contributed by atoms with Crippen LogP contribution in [0.2, 0.25) is 0 Å². The third kappa shape index (κ3) is 8.71. The molecular weight excluding hydrogens is 638 g/mol. The topological polar surface area (TPSA) is 41.6 Å². The predicted octanol–water partition coefficient (Wildman–Crippen LogP) is 9.39. The van der Waals surface area contributed by atoms with Crippen LogP contribution in [-0.2, 0) is 23.1 Å². The summed E-state index contributed by atoms with van der Waals surface area (Å²) in [4.78, 5) is 15.4. The van der Waals surface area contributed by atoms with Gasteiger partial charge in [-0.25, -0.2) is 8.78 Å². The molecule has 1 N–H and O–H groups in total. The minimum absolute atomic E-state index is 0. The van der Waals surface area contributed by atoms with E-state index in [0.29, 0.717) is 37.1 Å². The van der Waals surface area contributed by atoms with Crippen LogP contribution in [0.3, 0.4) is 0 Å². The average molecular weight is 687 g/mol. The molecule has 1 atom stereocenters. The van der Waals surface area contributed by atoms with Crippen molar-refractivity contribution < 1.29 is 18.3 Å². The van der Waals surface area contributed by atoms with Gasteiger partial charge >= 0.3 is 0 Å². The van der Waals surface area contributed by atoms with E-state index in [0.717, 1.165) is 56.3 Å². The fourth-order valence-electron chi connectivity index (χ4n) is 8.00. The molecule has 1 unspecified atom stereocenters. The number of rotatable bonds is 15. The minimum Gasteiger partial charge on any atom is -0.494 e. The molecule has 1 aliphatic heterocycles. The Bertz CT molecular complexity index is 1590. The molecule has 1 saturated carbocycles. The second-order valence-electron chi connectivity index (χ2n) is 13.6. The maximum absolute atomic E-state index is 14.7. The van der Waals surface area contributed by atoms with E-state index in [1.165, 1.54) is 48.1 Å². The monoisotopic (exact) mass is 686 g/mol. The maximum atomic E-state index is 14.7. The normalized spacial score (nSPS) is 16.3. The SMILES string of the molecule is COc1cc2c(cc1F)CCN(CCCC(CCCNC(=O)CCc1ccc(F)cc1)(c1ccccc1)c1ccccc1)C2C1CCC1.Cl. The smallest absolute Gasteiger partial charge is 0.220 e. The van der Waals surface area contributed by atoms with E-state index in [1.807, 2.05) is 6.07 Å². The van der Waals surface area contributed by atoms with Crippen molar-refractivity contribution in [2.75, 3.05) is 26.7 Å². The summed E-state index contributed by atoms with van der Waals surface area (Å²) in [7, 11) is 1.55. The van der Waals surface area contributed by atoms with E-state index in [4.69, 9.17) is 4.74 Å². The van der Waals surface area contributed by atoms with Crippen LogP contribution in [0, 0.1) is 17.6 Å². The molecule has 0 bridgehead atoms. The Morgan fingerprint density at radius 3 is 2.16 bits per heavy atom. The summed E-state index contributed by atoms with van der Waals surface area (Å²) in [5, 5.41) is 3.14. The molecule has 7 heteroatoms. The molecule has 0 aromatic heterocycles. The van der Waals surface area contributed by atoms with Crippen molar-refractivity contribution in [3.63, 3.8) is 0 Å². The lowest BCUT2D eigenvalue weighted by atomic mass is 9.68. The molecule has 0 radical (unpaired) electrons. The molecule has 49 heavy (non-hydrogen) atoms. The molecule has 0 spiro atoms. The quantitative estimate of drug-likeness (QED) is 0.127. The Hall–Kier alpha value is -3.74. The number of methoxy groups -OCH3 is 1. The summed E-state index contributed by atoms with van der Waals surface area (Å²) in [5.41, 5.74) is 5.74. The van der Waals surface area contributed by atoms with E-state index in [-0.39, 0.29) is 35.4 Å². The standard InChI is InChI=1S/C42H48F2N2O2.ClH/c1-48-39-30-37-33(29-38(39)44)23-28-46(41(37)32-11-8-12-32)27-10-25-42(34-13-4-2-5-14-34,35-15-6-3-7-16-35)24-9-26-45-40(47)22-19-31-17-20-36(43)21-18-31;/h2-7,13-18,20-21,29-30,32,41H,8-12,19,22-28H2,1H3,(H,45,47);1H. The van der Waals surface area contributed by atoms with Crippen LogP contribution in [0.1, 0.15) is 85.2 Å². The number of carbonyl (C=O) groups is 1. The Morgan fingerprint density at radius 2 is 1.55 bits per heavy atom. The highest BCUT2D eigenvalue weighted by molar-refractivity contribution is 5.85. The zero-order chi connectivity index (χ0) is 33.3. The number of hydrogen-bond acceptors (Lipinski definition) is 3. The van der Waals surface area contributed by atoms with E-state index >= 15 is 0 Å². The largest absolute Gasteiger partial charge is 0.494 e. The summed E-state index contributed by atoms with van der Waals surface area (Å²) >= 11 is 0. The van der Waals surface area contributed by atoms with E-state index < -0.39 is 0 Å². The number of halogens is 3. The van der Waals surface area contributed by atoms with Crippen molar-refractivity contribution in [2.45, 2.75) is 75.7 Å². The van der Waals surface area contributed by atoms with Crippen molar-refractivity contribution in [3.05, 3.63) is 137 Å². The number of benzene rings is 4. The van der Waals surface area contributed by atoms with Crippen LogP contribution in [-0.4, -0.2) is 37.6 Å². The van der Waals surface area contributed by atoms with Crippen molar-refractivity contribution in [3.8, 4) is 5.75 Å². The van der Waals surface area contributed by atoms with Gasteiger partial charge in [0.05, 0.1) is 7.11 Å². The fraction of sp³-hybridized carbons (Fsp3) is 0.405. The number of carbonyl (C=O) groups excluding carboxylic acids is 1. The van der Waals surface area contributed by atoms with Crippen LogP contribution in [0.4, 0.5) is 8.78 Å². The van der Waals surface area contributed by atoms with Crippen LogP contribution in [0.15, 0.2) is 97.1 Å². The van der Waals surface area contributed by atoms with Crippen LogP contribution >= 0.6 is 12.4 Å². The Kier molecular flexibility index (Phi) is 12.9. The first-order valence-corrected chi connectivity index (χ1v) is 17.7. The molecule has 6 rings (SSSR count). The van der Waals surface area contributed by atoms with Gasteiger partial charge in [0, 0.05) is 31.0 Å². The van der Waals surface area contributed by atoms with E-state index in [2.05, 4.69) is 70.9 Å². The first-order chi connectivity index (χ1) is 23.5. The third-order valence-electron chi connectivity index (χ3n) is 10.7. The van der Waals surface area contributed by atoms with Gasteiger partial charge in [-0.2, -0.15) is 0 Å². The Balaban J connectivity index is 0.00000468.